The number of carbonyl (C=O) groups excluding carboxylic acids is 1. The molecule has 4 rings (SSSR count). The Labute approximate surface area is 178 Å². The summed E-state index contributed by atoms with van der Waals surface area (Å²) in [5.74, 6) is 1.02. The Bertz CT molecular complexity index is 1120. The van der Waals surface area contributed by atoms with Gasteiger partial charge < -0.3 is 14.3 Å². The maximum Gasteiger partial charge on any atom is 0.286 e. The van der Waals surface area contributed by atoms with Gasteiger partial charge in [0.1, 0.15) is 5.82 Å². The molecule has 0 fully saturated rings. The molecule has 0 saturated heterocycles. The molecule has 4 aromatic rings. The van der Waals surface area contributed by atoms with Gasteiger partial charge in [-0.15, -0.1) is 0 Å². The van der Waals surface area contributed by atoms with Crippen LogP contribution in [0.2, 0.25) is 10.0 Å². The van der Waals surface area contributed by atoms with E-state index in [4.69, 9.17) is 32.6 Å². The summed E-state index contributed by atoms with van der Waals surface area (Å²) in [7, 11) is 0. The van der Waals surface area contributed by atoms with Crippen molar-refractivity contribution in [3.05, 3.63) is 88.1 Å². The molecule has 1 N–H and O–H groups in total. The summed E-state index contributed by atoms with van der Waals surface area (Å²) >= 11 is 12.8. The van der Waals surface area contributed by atoms with E-state index in [0.717, 1.165) is 28.8 Å². The summed E-state index contributed by atoms with van der Waals surface area (Å²) in [5, 5.41) is 4.13. The number of nitrogens with one attached hydrogen (secondary N) is 1. The first-order valence-electron chi connectivity index (χ1n) is 9.32. The maximum absolute atomic E-state index is 12.0. The lowest BCUT2D eigenvalue weighted by Gasteiger charge is -2.12. The third-order valence-corrected chi connectivity index (χ3v) is 5.43. The van der Waals surface area contributed by atoms with Crippen LogP contribution in [0.25, 0.3) is 11.0 Å². The SMILES string of the molecule is O=C(NCCCc1nc2ccccc2n1Cc1c(Cl)cccc1Cl)c1ccco1. The van der Waals surface area contributed by atoms with E-state index in [9.17, 15) is 4.79 Å². The predicted molar refractivity (Wildman–Crippen MR) is 115 cm³/mol. The van der Waals surface area contributed by atoms with Gasteiger partial charge in [-0.25, -0.2) is 4.98 Å². The minimum atomic E-state index is -0.216. The molecule has 2 heterocycles. The van der Waals surface area contributed by atoms with Crippen molar-refractivity contribution in [3.8, 4) is 0 Å². The Balaban J connectivity index is 1.51. The Morgan fingerprint density at radius 2 is 1.83 bits per heavy atom. The lowest BCUT2D eigenvalue weighted by atomic mass is 10.2. The van der Waals surface area contributed by atoms with Crippen molar-refractivity contribution in [2.75, 3.05) is 6.54 Å². The number of rotatable bonds is 7. The van der Waals surface area contributed by atoms with E-state index in [0.29, 0.717) is 35.3 Å². The molecule has 0 aliphatic carbocycles. The van der Waals surface area contributed by atoms with E-state index >= 15 is 0 Å². The zero-order valence-electron chi connectivity index (χ0n) is 15.6. The minimum absolute atomic E-state index is 0.216. The largest absolute Gasteiger partial charge is 0.459 e. The highest BCUT2D eigenvalue weighted by molar-refractivity contribution is 6.36. The highest BCUT2D eigenvalue weighted by Crippen LogP contribution is 2.27. The second-order valence-corrected chi connectivity index (χ2v) is 7.45. The van der Waals surface area contributed by atoms with Crippen LogP contribution in [-0.2, 0) is 13.0 Å². The first-order valence-corrected chi connectivity index (χ1v) is 10.1. The molecule has 2 aromatic carbocycles. The van der Waals surface area contributed by atoms with Crippen LogP contribution in [0.15, 0.2) is 65.3 Å². The number of aryl methyl sites for hydroxylation is 1. The van der Waals surface area contributed by atoms with Crippen LogP contribution >= 0.6 is 23.2 Å². The summed E-state index contributed by atoms with van der Waals surface area (Å²) in [5.41, 5.74) is 2.81. The van der Waals surface area contributed by atoms with E-state index in [-0.39, 0.29) is 5.91 Å². The Morgan fingerprint density at radius 3 is 2.59 bits per heavy atom. The van der Waals surface area contributed by atoms with Crippen LogP contribution in [0.5, 0.6) is 0 Å². The molecule has 148 valence electrons. The Hall–Kier alpha value is -2.76. The van der Waals surface area contributed by atoms with Crippen LogP contribution < -0.4 is 5.32 Å². The number of para-hydroxylation sites is 2. The van der Waals surface area contributed by atoms with Crippen molar-refractivity contribution in [2.24, 2.45) is 0 Å². The zero-order valence-corrected chi connectivity index (χ0v) is 17.1. The van der Waals surface area contributed by atoms with Gasteiger partial charge in [-0.1, -0.05) is 41.4 Å². The molecule has 5 nitrogen and oxygen atoms in total. The first kappa shape index (κ1) is 19.6. The van der Waals surface area contributed by atoms with Crippen LogP contribution in [-0.4, -0.2) is 22.0 Å². The first-order chi connectivity index (χ1) is 14.1. The number of carbonyl (C=O) groups is 1. The number of benzene rings is 2. The van der Waals surface area contributed by atoms with Crippen molar-refractivity contribution in [1.82, 2.24) is 14.9 Å². The Kier molecular flexibility index (Phi) is 5.88. The maximum atomic E-state index is 12.0. The van der Waals surface area contributed by atoms with Gasteiger partial charge in [-0.2, -0.15) is 0 Å². The summed E-state index contributed by atoms with van der Waals surface area (Å²) < 4.78 is 7.24. The zero-order chi connectivity index (χ0) is 20.2. The highest BCUT2D eigenvalue weighted by Gasteiger charge is 2.14. The number of hydrogen-bond acceptors (Lipinski definition) is 3. The number of furan rings is 1. The van der Waals surface area contributed by atoms with Crippen molar-refractivity contribution < 1.29 is 9.21 Å². The number of fused-ring (bicyclic) bond motifs is 1. The molecule has 7 heteroatoms. The van der Waals surface area contributed by atoms with E-state index in [1.165, 1.54) is 6.26 Å². The lowest BCUT2D eigenvalue weighted by Crippen LogP contribution is -2.24. The van der Waals surface area contributed by atoms with Gasteiger partial charge in [0.25, 0.3) is 5.91 Å². The number of halogens is 2. The summed E-state index contributed by atoms with van der Waals surface area (Å²) in [6.07, 6.45) is 2.93. The summed E-state index contributed by atoms with van der Waals surface area (Å²) in [6.45, 7) is 1.06. The molecular formula is C22H19Cl2N3O2. The van der Waals surface area contributed by atoms with Crippen LogP contribution in [0.3, 0.4) is 0 Å². The number of amides is 1. The summed E-state index contributed by atoms with van der Waals surface area (Å²) in [4.78, 5) is 16.8. The average Bonchev–Trinajstić information content (AvgIpc) is 3.36. The van der Waals surface area contributed by atoms with Gasteiger partial charge in [0.15, 0.2) is 5.76 Å². The molecule has 0 saturated carbocycles. The van der Waals surface area contributed by atoms with Gasteiger partial charge in [0.2, 0.25) is 0 Å². The normalized spacial score (nSPS) is 11.1. The molecule has 0 unspecified atom stereocenters. The predicted octanol–water partition coefficient (Wildman–Crippen LogP) is 5.35. The molecule has 1 amide bonds. The fourth-order valence-corrected chi connectivity index (χ4v) is 3.79. The molecule has 0 spiro atoms. The number of aromatic nitrogens is 2. The molecule has 0 bridgehead atoms. The van der Waals surface area contributed by atoms with Crippen molar-refractivity contribution >= 4 is 40.1 Å². The highest BCUT2D eigenvalue weighted by atomic mass is 35.5. The molecule has 2 aromatic heterocycles. The smallest absolute Gasteiger partial charge is 0.286 e. The second kappa shape index (κ2) is 8.72. The van der Waals surface area contributed by atoms with Crippen molar-refractivity contribution in [1.29, 1.82) is 0 Å². The van der Waals surface area contributed by atoms with E-state index in [2.05, 4.69) is 9.88 Å². The van der Waals surface area contributed by atoms with Crippen molar-refractivity contribution in [3.63, 3.8) is 0 Å². The molecule has 0 aliphatic heterocycles. The molecular weight excluding hydrogens is 409 g/mol. The van der Waals surface area contributed by atoms with Gasteiger partial charge in [0, 0.05) is 28.6 Å². The van der Waals surface area contributed by atoms with Gasteiger partial charge >= 0.3 is 0 Å². The quantitative estimate of drug-likeness (QED) is 0.404. The third-order valence-electron chi connectivity index (χ3n) is 4.72. The van der Waals surface area contributed by atoms with Crippen LogP contribution in [0, 0.1) is 0 Å². The Morgan fingerprint density at radius 1 is 1.03 bits per heavy atom. The van der Waals surface area contributed by atoms with E-state index < -0.39 is 0 Å². The number of hydrogen-bond donors (Lipinski definition) is 1. The minimum Gasteiger partial charge on any atom is -0.459 e. The van der Waals surface area contributed by atoms with Gasteiger partial charge in [-0.05, 0) is 42.8 Å². The monoisotopic (exact) mass is 427 g/mol. The number of nitrogens with zero attached hydrogens (tertiary/aromatic N) is 2. The topological polar surface area (TPSA) is 60.1 Å². The molecule has 0 aliphatic rings. The van der Waals surface area contributed by atoms with Crippen LogP contribution in [0.4, 0.5) is 0 Å². The standard InChI is InChI=1S/C22H19Cl2N3O2/c23-16-6-3-7-17(24)15(16)14-27-19-9-2-1-8-18(19)26-21(27)11-4-12-25-22(28)20-10-5-13-29-20/h1-3,5-10,13H,4,11-12,14H2,(H,25,28). The second-order valence-electron chi connectivity index (χ2n) is 6.64. The fourth-order valence-electron chi connectivity index (χ4n) is 3.28. The molecule has 0 atom stereocenters. The number of imidazole rings is 1. The van der Waals surface area contributed by atoms with Crippen LogP contribution in [0.1, 0.15) is 28.4 Å². The van der Waals surface area contributed by atoms with Gasteiger partial charge in [-0.3, -0.25) is 4.79 Å². The fraction of sp³-hybridized carbons (Fsp3) is 0.182. The van der Waals surface area contributed by atoms with E-state index in [1.807, 2.05) is 42.5 Å². The molecule has 0 radical (unpaired) electrons. The third kappa shape index (κ3) is 4.31. The molecule has 29 heavy (non-hydrogen) atoms. The van der Waals surface area contributed by atoms with Crippen molar-refractivity contribution in [2.45, 2.75) is 19.4 Å². The van der Waals surface area contributed by atoms with Gasteiger partial charge in [0.05, 0.1) is 23.8 Å². The average molecular weight is 428 g/mol. The summed E-state index contributed by atoms with van der Waals surface area (Å²) in [6, 6.07) is 16.8. The van der Waals surface area contributed by atoms with E-state index in [1.54, 1.807) is 12.1 Å². The lowest BCUT2D eigenvalue weighted by molar-refractivity contribution is 0.0925.